The van der Waals surface area contributed by atoms with E-state index in [0.29, 0.717) is 92.7 Å². The SMILES string of the molecule is c1cnc2c(c1)ccc1c(-c3nc(-n4c5ccccc5c5cccnc54)nc(-n4c5ncccc5c5cccnc54)n3)ccnc12.c1cnc2c(c1)ccc1cc(-c3nc(-n4c5ccccc5c5cccnc54)nc(-n4c5ncccc5c5cccnc54)n3)cnc12.c1cnc2c(c1)ccc1ccc(-c3nc(-n4c5ccccc5c5cccnc54)nc(-n4c5ncccc5c5cccnc54)n3)nc12. The van der Waals surface area contributed by atoms with Gasteiger partial charge in [-0.15, -0.1) is 0 Å². The van der Waals surface area contributed by atoms with E-state index >= 15 is 0 Å². The van der Waals surface area contributed by atoms with Crippen LogP contribution in [0.15, 0.2) is 366 Å². The summed E-state index contributed by atoms with van der Waals surface area (Å²) in [5.74, 6) is 3.75. The first-order valence-electron chi connectivity index (χ1n) is 44.3. The zero-order chi connectivity index (χ0) is 90.6. The summed E-state index contributed by atoms with van der Waals surface area (Å²) in [6, 6.07) is 92.5. The summed E-state index contributed by atoms with van der Waals surface area (Å²) in [6.45, 7) is 0. The van der Waals surface area contributed by atoms with Gasteiger partial charge in [-0.1, -0.05) is 115 Å². The normalized spacial score (nSPS) is 11.9. The molecule has 30 heteroatoms. The minimum atomic E-state index is 0.372. The van der Waals surface area contributed by atoms with Crippen molar-refractivity contribution < 1.29 is 0 Å². The lowest BCUT2D eigenvalue weighted by molar-refractivity contribution is 0.877. The first-order chi connectivity index (χ1) is 68.5. The molecule has 642 valence electrons. The molecule has 0 N–H and O–H groups in total. The summed E-state index contributed by atoms with van der Waals surface area (Å²) in [5, 5.41) is 17.8. The van der Waals surface area contributed by atoms with Crippen LogP contribution in [0.4, 0.5) is 0 Å². The van der Waals surface area contributed by atoms with E-state index in [1.807, 2.05) is 215 Å². The summed E-state index contributed by atoms with van der Waals surface area (Å²) in [7, 11) is 0. The van der Waals surface area contributed by atoms with Crippen molar-refractivity contribution in [2.45, 2.75) is 0 Å². The highest BCUT2D eigenvalue weighted by Gasteiger charge is 2.29. The fourth-order valence-electron chi connectivity index (χ4n) is 19.3. The van der Waals surface area contributed by atoms with Crippen LogP contribution >= 0.6 is 0 Å². The van der Waals surface area contributed by atoms with Gasteiger partial charge in [0, 0.05) is 195 Å². The minimum Gasteiger partial charge on any atom is -0.262 e. The molecule has 0 fully saturated rings. The molecule has 0 radical (unpaired) electrons. The number of nitrogens with zero attached hydrogens (tertiary/aromatic N) is 30. The molecule has 30 rings (SSSR count). The molecule has 6 aromatic carbocycles. The van der Waals surface area contributed by atoms with Crippen molar-refractivity contribution in [3.05, 3.63) is 366 Å². The van der Waals surface area contributed by atoms with Crippen molar-refractivity contribution in [2.24, 2.45) is 0 Å². The van der Waals surface area contributed by atoms with E-state index in [-0.39, 0.29) is 0 Å². The van der Waals surface area contributed by atoms with Crippen molar-refractivity contribution in [1.82, 2.24) is 147 Å². The molecular weight excluding hydrogens is 1720 g/mol. The second-order valence-electron chi connectivity index (χ2n) is 33.0. The van der Waals surface area contributed by atoms with Gasteiger partial charge in [0.15, 0.2) is 17.5 Å². The number of para-hydroxylation sites is 3. The van der Waals surface area contributed by atoms with Gasteiger partial charge in [-0.3, -0.25) is 38.6 Å². The van der Waals surface area contributed by atoms with Gasteiger partial charge in [0.05, 0.1) is 49.7 Å². The van der Waals surface area contributed by atoms with E-state index < -0.39 is 0 Å². The average Bonchev–Trinajstić information content (AvgIpc) is 1.63. The molecule has 0 atom stereocenters. The van der Waals surface area contributed by atoms with E-state index in [9.17, 15) is 0 Å². The Morgan fingerprint density at radius 1 is 0.159 bits per heavy atom. The van der Waals surface area contributed by atoms with Gasteiger partial charge in [0.2, 0.25) is 35.7 Å². The first kappa shape index (κ1) is 76.8. The highest BCUT2D eigenvalue weighted by Crippen LogP contribution is 2.41. The Kier molecular flexibility index (Phi) is 17.1. The number of fused-ring (bicyclic) bond motifs is 27. The summed E-state index contributed by atoms with van der Waals surface area (Å²) in [4.78, 5) is 117. The van der Waals surface area contributed by atoms with Gasteiger partial charge in [-0.2, -0.15) is 44.9 Å². The van der Waals surface area contributed by atoms with Gasteiger partial charge in [-0.05, 0) is 164 Å². The molecule has 0 aliphatic heterocycles. The van der Waals surface area contributed by atoms with Crippen molar-refractivity contribution in [3.8, 4) is 70.0 Å². The summed E-state index contributed by atoms with van der Waals surface area (Å²) in [5.41, 5.74) is 16.2. The van der Waals surface area contributed by atoms with Crippen molar-refractivity contribution >= 4 is 197 Å². The van der Waals surface area contributed by atoms with Crippen LogP contribution in [0.3, 0.4) is 0 Å². The second-order valence-corrected chi connectivity index (χ2v) is 33.0. The predicted molar refractivity (Wildman–Crippen MR) is 534 cm³/mol. The van der Waals surface area contributed by atoms with E-state index in [4.69, 9.17) is 105 Å². The quantitative estimate of drug-likeness (QED) is 0.121. The number of benzene rings is 6. The zero-order valence-corrected chi connectivity index (χ0v) is 72.1. The van der Waals surface area contributed by atoms with Crippen LogP contribution in [0, 0.1) is 0 Å². The van der Waals surface area contributed by atoms with E-state index in [2.05, 4.69) is 106 Å². The third-order valence-electron chi connectivity index (χ3n) is 25.3. The lowest BCUT2D eigenvalue weighted by atomic mass is 10.1. The molecular formula is C108H60N30. The Balaban J connectivity index is 0.000000102. The Morgan fingerprint density at radius 3 is 0.833 bits per heavy atom. The molecule has 0 aliphatic rings. The standard InChI is InChI=1S/3C36H20N10/c1-2-12-28-23(8-1)24-9-4-18-38-32(24)45(28)35-42-31(27-16-15-22-14-13-21-7-3-17-37-29(21)30(22)41-27)43-36(44-35)46-33-25(10-5-19-39-33)26-11-6-20-40-34(26)46;1-2-12-28-22(8-1)25-9-4-17-39-32(25)45(28)35-42-31(24-15-20-38-30-23(24)14-13-21-7-3-16-37-29(21)30)43-36(44-35)46-33-26(10-5-18-40-33)27-11-6-19-41-34(27)46;1-2-12-28-24(8-1)25-9-4-16-38-32(25)45(28)35-42-31(23-19-22-14-13-21-7-3-15-37-29(21)30(22)41-20-23)43-36(44-35)46-33-26(10-5-17-39-33)27-11-6-18-40-34(27)46/h3*1-20H. The molecule has 0 spiro atoms. The van der Waals surface area contributed by atoms with Crippen LogP contribution in [0.2, 0.25) is 0 Å². The smallest absolute Gasteiger partial charge is 0.242 e. The Morgan fingerprint density at radius 2 is 0.435 bits per heavy atom. The zero-order valence-electron chi connectivity index (χ0n) is 72.1. The van der Waals surface area contributed by atoms with Crippen LogP contribution in [0.5, 0.6) is 0 Å². The van der Waals surface area contributed by atoms with Crippen LogP contribution in [0.1, 0.15) is 0 Å². The van der Waals surface area contributed by atoms with Crippen molar-refractivity contribution in [3.63, 3.8) is 0 Å². The van der Waals surface area contributed by atoms with Gasteiger partial charge in [-0.25, -0.2) is 63.5 Å². The predicted octanol–water partition coefficient (Wildman–Crippen LogP) is 21.0. The molecule has 0 saturated heterocycles. The summed E-state index contributed by atoms with van der Waals surface area (Å²) < 4.78 is 11.6. The molecule has 0 unspecified atom stereocenters. The lowest BCUT2D eigenvalue weighted by Gasteiger charge is -2.12. The third kappa shape index (κ3) is 12.1. The van der Waals surface area contributed by atoms with Crippen LogP contribution in [-0.2, 0) is 0 Å². The fraction of sp³-hybridized carbons (Fsp3) is 0. The average molecular weight is 1780 g/mol. The molecule has 30 aromatic rings. The molecule has 24 aromatic heterocycles. The topological polar surface area (TPSA) is 339 Å². The summed E-state index contributed by atoms with van der Waals surface area (Å²) >= 11 is 0. The maximum Gasteiger partial charge on any atom is 0.242 e. The van der Waals surface area contributed by atoms with Crippen LogP contribution in [-0.4, -0.2) is 147 Å². The Bertz CT molecular complexity index is 9600. The van der Waals surface area contributed by atoms with E-state index in [0.717, 1.165) is 175 Å². The van der Waals surface area contributed by atoms with Gasteiger partial charge >= 0.3 is 0 Å². The first-order valence-corrected chi connectivity index (χ1v) is 44.3. The van der Waals surface area contributed by atoms with E-state index in [1.54, 1.807) is 86.8 Å². The Hall–Kier alpha value is -20.0. The van der Waals surface area contributed by atoms with Gasteiger partial charge in [0.1, 0.15) is 56.5 Å². The number of aromatic nitrogens is 30. The van der Waals surface area contributed by atoms with Crippen molar-refractivity contribution in [2.75, 3.05) is 0 Å². The van der Waals surface area contributed by atoms with Crippen molar-refractivity contribution in [1.29, 1.82) is 0 Å². The second kappa shape index (κ2) is 30.8. The highest BCUT2D eigenvalue weighted by molar-refractivity contribution is 6.14. The molecule has 0 aliphatic carbocycles. The highest BCUT2D eigenvalue weighted by atomic mass is 15.3. The number of hydrogen-bond donors (Lipinski definition) is 0. The molecule has 24 heterocycles. The molecule has 30 nitrogen and oxygen atoms in total. The van der Waals surface area contributed by atoms with Gasteiger partial charge < -0.3 is 0 Å². The van der Waals surface area contributed by atoms with Crippen LogP contribution in [0.25, 0.3) is 267 Å². The third-order valence-corrected chi connectivity index (χ3v) is 25.3. The van der Waals surface area contributed by atoms with E-state index in [1.165, 1.54) is 0 Å². The maximum absolute atomic E-state index is 5.14. The molecule has 0 bridgehead atoms. The fourth-order valence-corrected chi connectivity index (χ4v) is 19.3. The number of rotatable bonds is 9. The lowest BCUT2D eigenvalue weighted by Crippen LogP contribution is -2.11. The molecule has 0 saturated carbocycles. The minimum absolute atomic E-state index is 0.372. The monoisotopic (exact) mass is 1780 g/mol. The van der Waals surface area contributed by atoms with Crippen LogP contribution < -0.4 is 0 Å². The molecule has 138 heavy (non-hydrogen) atoms. The summed E-state index contributed by atoms with van der Waals surface area (Å²) in [6.07, 6.45) is 24.9. The van der Waals surface area contributed by atoms with Gasteiger partial charge in [0.25, 0.3) is 0 Å². The number of pyridine rings is 15. The Labute approximate surface area is 775 Å². The number of hydrogen-bond acceptors (Lipinski definition) is 24. The maximum atomic E-state index is 5.14. The molecule has 0 amide bonds. The largest absolute Gasteiger partial charge is 0.262 e.